The standard InChI is InChI=1S/C24H27N3O3/c1-17-13-18(2)27(26-17)15-19-5-3-6-20(14-19)24(28)25-21-8-10-22(11-9-21)30-16-23-7-4-12-29-23/h3,5-6,8-11,13-14,23H,4,7,12,15-16H2,1-2H3,(H,25,28). The molecule has 0 aliphatic carbocycles. The summed E-state index contributed by atoms with van der Waals surface area (Å²) in [6.07, 6.45) is 2.33. The molecule has 6 heteroatoms. The van der Waals surface area contributed by atoms with Crippen molar-refractivity contribution in [2.45, 2.75) is 39.3 Å². The maximum absolute atomic E-state index is 12.7. The molecular formula is C24H27N3O3. The minimum absolute atomic E-state index is 0.141. The van der Waals surface area contributed by atoms with Gasteiger partial charge in [0.25, 0.3) is 5.91 Å². The van der Waals surface area contributed by atoms with Crippen LogP contribution >= 0.6 is 0 Å². The highest BCUT2D eigenvalue weighted by Gasteiger charge is 2.16. The summed E-state index contributed by atoms with van der Waals surface area (Å²) in [4.78, 5) is 12.7. The number of nitrogens with one attached hydrogen (secondary N) is 1. The Morgan fingerprint density at radius 1 is 1.20 bits per heavy atom. The van der Waals surface area contributed by atoms with Gasteiger partial charge in [0.05, 0.1) is 18.3 Å². The van der Waals surface area contributed by atoms with Crippen molar-refractivity contribution in [1.29, 1.82) is 0 Å². The fourth-order valence-electron chi connectivity index (χ4n) is 3.62. The number of carbonyl (C=O) groups is 1. The van der Waals surface area contributed by atoms with Gasteiger partial charge in [-0.2, -0.15) is 5.10 Å². The van der Waals surface area contributed by atoms with Crippen molar-refractivity contribution < 1.29 is 14.3 Å². The Hall–Kier alpha value is -3.12. The van der Waals surface area contributed by atoms with Crippen molar-refractivity contribution in [3.8, 4) is 5.75 Å². The molecule has 1 aromatic heterocycles. The van der Waals surface area contributed by atoms with E-state index in [1.165, 1.54) is 0 Å². The van der Waals surface area contributed by atoms with Crippen LogP contribution in [-0.2, 0) is 11.3 Å². The van der Waals surface area contributed by atoms with E-state index < -0.39 is 0 Å². The molecule has 2 aromatic carbocycles. The van der Waals surface area contributed by atoms with Crippen LogP contribution in [-0.4, -0.2) is 35.0 Å². The van der Waals surface area contributed by atoms with Gasteiger partial charge in [-0.15, -0.1) is 0 Å². The minimum Gasteiger partial charge on any atom is -0.491 e. The summed E-state index contributed by atoms with van der Waals surface area (Å²) < 4.78 is 13.3. The lowest BCUT2D eigenvalue weighted by Crippen LogP contribution is -2.16. The van der Waals surface area contributed by atoms with Crippen LogP contribution in [0.4, 0.5) is 5.69 Å². The van der Waals surface area contributed by atoms with Gasteiger partial charge in [-0.25, -0.2) is 0 Å². The fraction of sp³-hybridized carbons (Fsp3) is 0.333. The second-order valence-corrected chi connectivity index (χ2v) is 7.71. The third kappa shape index (κ3) is 5.07. The molecule has 2 heterocycles. The topological polar surface area (TPSA) is 65.4 Å². The first-order valence-corrected chi connectivity index (χ1v) is 10.3. The largest absolute Gasteiger partial charge is 0.491 e. The van der Waals surface area contributed by atoms with Crippen molar-refractivity contribution >= 4 is 11.6 Å². The number of nitrogens with zero attached hydrogens (tertiary/aromatic N) is 2. The molecule has 1 aliphatic rings. The van der Waals surface area contributed by atoms with Crippen LogP contribution in [0.25, 0.3) is 0 Å². The zero-order chi connectivity index (χ0) is 20.9. The van der Waals surface area contributed by atoms with E-state index >= 15 is 0 Å². The molecule has 4 rings (SSSR count). The first kappa shape index (κ1) is 20.2. The fourth-order valence-corrected chi connectivity index (χ4v) is 3.62. The number of carbonyl (C=O) groups excluding carboxylic acids is 1. The average molecular weight is 405 g/mol. The van der Waals surface area contributed by atoms with Crippen LogP contribution in [0, 0.1) is 13.8 Å². The van der Waals surface area contributed by atoms with E-state index in [9.17, 15) is 4.79 Å². The van der Waals surface area contributed by atoms with Crippen molar-refractivity contribution in [2.75, 3.05) is 18.5 Å². The monoisotopic (exact) mass is 405 g/mol. The second-order valence-electron chi connectivity index (χ2n) is 7.71. The van der Waals surface area contributed by atoms with Gasteiger partial charge in [-0.1, -0.05) is 12.1 Å². The second kappa shape index (κ2) is 9.13. The number of hydrogen-bond donors (Lipinski definition) is 1. The summed E-state index contributed by atoms with van der Waals surface area (Å²) in [6, 6.07) is 17.1. The molecule has 1 saturated heterocycles. The van der Waals surface area contributed by atoms with E-state index in [2.05, 4.69) is 10.4 Å². The zero-order valence-corrected chi connectivity index (χ0v) is 17.4. The molecule has 0 spiro atoms. The molecule has 1 amide bonds. The van der Waals surface area contributed by atoms with Gasteiger partial charge in [0.15, 0.2) is 0 Å². The Balaban J connectivity index is 1.35. The van der Waals surface area contributed by atoms with Gasteiger partial charge in [-0.05, 0) is 74.7 Å². The number of aromatic nitrogens is 2. The van der Waals surface area contributed by atoms with E-state index in [1.807, 2.05) is 73.1 Å². The molecule has 1 fully saturated rings. The summed E-state index contributed by atoms with van der Waals surface area (Å²) in [7, 11) is 0. The predicted molar refractivity (Wildman–Crippen MR) is 116 cm³/mol. The number of hydrogen-bond acceptors (Lipinski definition) is 4. The third-order valence-corrected chi connectivity index (χ3v) is 5.20. The molecular weight excluding hydrogens is 378 g/mol. The van der Waals surface area contributed by atoms with E-state index in [-0.39, 0.29) is 12.0 Å². The smallest absolute Gasteiger partial charge is 0.255 e. The third-order valence-electron chi connectivity index (χ3n) is 5.20. The molecule has 156 valence electrons. The summed E-state index contributed by atoms with van der Waals surface area (Å²) in [6.45, 7) is 6.03. The summed E-state index contributed by atoms with van der Waals surface area (Å²) in [5.74, 6) is 0.633. The zero-order valence-electron chi connectivity index (χ0n) is 17.4. The molecule has 30 heavy (non-hydrogen) atoms. The molecule has 6 nitrogen and oxygen atoms in total. The van der Waals surface area contributed by atoms with Gasteiger partial charge >= 0.3 is 0 Å². The lowest BCUT2D eigenvalue weighted by Gasteiger charge is -2.12. The van der Waals surface area contributed by atoms with Crippen LogP contribution in [0.3, 0.4) is 0 Å². The van der Waals surface area contributed by atoms with Crippen molar-refractivity contribution in [2.24, 2.45) is 0 Å². The number of aryl methyl sites for hydroxylation is 2. The number of ether oxygens (including phenoxy) is 2. The Bertz CT molecular complexity index is 1000. The van der Waals surface area contributed by atoms with E-state index in [4.69, 9.17) is 9.47 Å². The van der Waals surface area contributed by atoms with Crippen LogP contribution in [0.2, 0.25) is 0 Å². The maximum Gasteiger partial charge on any atom is 0.255 e. The molecule has 1 N–H and O–H groups in total. The van der Waals surface area contributed by atoms with Gasteiger partial charge in [0, 0.05) is 23.6 Å². The maximum atomic E-state index is 12.7. The van der Waals surface area contributed by atoms with Crippen LogP contribution in [0.15, 0.2) is 54.6 Å². The lowest BCUT2D eigenvalue weighted by atomic mass is 10.1. The van der Waals surface area contributed by atoms with Gasteiger partial charge in [0.1, 0.15) is 12.4 Å². The minimum atomic E-state index is -0.141. The number of benzene rings is 2. The Labute approximate surface area is 176 Å². The summed E-state index contributed by atoms with van der Waals surface area (Å²) >= 11 is 0. The van der Waals surface area contributed by atoms with E-state index in [1.54, 1.807) is 0 Å². The summed E-state index contributed by atoms with van der Waals surface area (Å²) in [5.41, 5.74) is 4.47. The first-order chi connectivity index (χ1) is 14.6. The average Bonchev–Trinajstić information content (AvgIpc) is 3.37. The van der Waals surface area contributed by atoms with Crippen LogP contribution in [0.5, 0.6) is 5.75 Å². The normalized spacial score (nSPS) is 15.9. The lowest BCUT2D eigenvalue weighted by molar-refractivity contribution is 0.0679. The van der Waals surface area contributed by atoms with Gasteiger partial charge < -0.3 is 14.8 Å². The Morgan fingerprint density at radius 2 is 2.03 bits per heavy atom. The van der Waals surface area contributed by atoms with Crippen molar-refractivity contribution in [3.63, 3.8) is 0 Å². The number of anilines is 1. The van der Waals surface area contributed by atoms with E-state index in [0.29, 0.717) is 18.7 Å². The van der Waals surface area contributed by atoms with Gasteiger partial charge in [-0.3, -0.25) is 9.48 Å². The highest BCUT2D eigenvalue weighted by molar-refractivity contribution is 6.04. The Morgan fingerprint density at radius 3 is 2.73 bits per heavy atom. The number of amides is 1. The molecule has 0 saturated carbocycles. The van der Waals surface area contributed by atoms with Gasteiger partial charge in [0.2, 0.25) is 0 Å². The quantitative estimate of drug-likeness (QED) is 0.634. The Kier molecular flexibility index (Phi) is 6.14. The molecule has 3 aromatic rings. The molecule has 1 unspecified atom stereocenters. The van der Waals surface area contributed by atoms with Crippen molar-refractivity contribution in [1.82, 2.24) is 9.78 Å². The van der Waals surface area contributed by atoms with Crippen molar-refractivity contribution in [3.05, 3.63) is 77.1 Å². The predicted octanol–water partition coefficient (Wildman–Crippen LogP) is 4.36. The highest BCUT2D eigenvalue weighted by Crippen LogP contribution is 2.19. The molecule has 0 radical (unpaired) electrons. The SMILES string of the molecule is Cc1cc(C)n(Cc2cccc(C(=O)Nc3ccc(OCC4CCCO4)cc3)c2)n1. The van der Waals surface area contributed by atoms with Crippen LogP contribution in [0.1, 0.15) is 40.2 Å². The first-order valence-electron chi connectivity index (χ1n) is 10.3. The molecule has 0 bridgehead atoms. The van der Waals surface area contributed by atoms with Crippen LogP contribution < -0.4 is 10.1 Å². The molecule has 1 aliphatic heterocycles. The summed E-state index contributed by atoms with van der Waals surface area (Å²) in [5, 5.41) is 7.44. The van der Waals surface area contributed by atoms with E-state index in [0.717, 1.165) is 47.8 Å². The number of rotatable bonds is 7. The molecule has 1 atom stereocenters. The highest BCUT2D eigenvalue weighted by atomic mass is 16.5.